The lowest BCUT2D eigenvalue weighted by Gasteiger charge is -2.13. The number of aromatic nitrogens is 2. The molecule has 0 saturated carbocycles. The summed E-state index contributed by atoms with van der Waals surface area (Å²) in [6.07, 6.45) is -0.828. The third-order valence-corrected chi connectivity index (χ3v) is 5.83. The van der Waals surface area contributed by atoms with E-state index < -0.39 is 23.9 Å². The number of nitrogens with zero attached hydrogens (tertiary/aromatic N) is 3. The molecule has 174 valence electrons. The zero-order valence-corrected chi connectivity index (χ0v) is 19.4. The predicted octanol–water partition coefficient (Wildman–Crippen LogP) is 5.42. The summed E-state index contributed by atoms with van der Waals surface area (Å²) < 4.78 is 11.1. The molecular formula is C26H18ClN3O5. The second kappa shape index (κ2) is 8.81. The van der Waals surface area contributed by atoms with E-state index in [4.69, 9.17) is 20.8 Å². The molecule has 2 heterocycles. The lowest BCUT2D eigenvalue weighted by atomic mass is 10.1. The van der Waals surface area contributed by atoms with Gasteiger partial charge in [0.2, 0.25) is 5.89 Å². The van der Waals surface area contributed by atoms with E-state index in [2.05, 4.69) is 10.2 Å². The minimum absolute atomic E-state index is 0.117. The number of fused-ring (bicyclic) bond motifs is 1. The highest BCUT2D eigenvalue weighted by Gasteiger charge is 2.37. The quantitative estimate of drug-likeness (QED) is 0.273. The van der Waals surface area contributed by atoms with Crippen molar-refractivity contribution in [3.8, 4) is 11.5 Å². The van der Waals surface area contributed by atoms with Gasteiger partial charge in [-0.1, -0.05) is 29.3 Å². The number of amides is 2. The Balaban J connectivity index is 1.33. The highest BCUT2D eigenvalue weighted by Crippen LogP contribution is 2.30. The van der Waals surface area contributed by atoms with Crippen LogP contribution in [0.4, 0.5) is 5.69 Å². The van der Waals surface area contributed by atoms with Crippen LogP contribution < -0.4 is 4.90 Å². The predicted molar refractivity (Wildman–Crippen MR) is 127 cm³/mol. The second-order valence-corrected chi connectivity index (χ2v) is 8.48. The Labute approximate surface area is 205 Å². The fourth-order valence-corrected chi connectivity index (χ4v) is 3.81. The van der Waals surface area contributed by atoms with Gasteiger partial charge in [-0.3, -0.25) is 9.59 Å². The molecule has 3 aromatic carbocycles. The van der Waals surface area contributed by atoms with E-state index in [1.54, 1.807) is 31.2 Å². The summed E-state index contributed by atoms with van der Waals surface area (Å²) in [5, 5.41) is 8.49. The summed E-state index contributed by atoms with van der Waals surface area (Å²) in [6, 6.07) is 18.1. The summed E-state index contributed by atoms with van der Waals surface area (Å²) in [6.45, 7) is 3.58. The van der Waals surface area contributed by atoms with Gasteiger partial charge in [-0.05, 0) is 68.4 Å². The smallest absolute Gasteiger partial charge is 0.338 e. The number of hydrogen-bond acceptors (Lipinski definition) is 7. The largest absolute Gasteiger partial charge is 0.449 e. The number of anilines is 1. The standard InChI is InChI=1S/C26H18ClN3O5/c1-14-3-5-16(6-4-14)23-29-28-22(35-23)15(2)34-26(33)17-7-12-20-21(13-17)25(32)30(24(20)31)19-10-8-18(27)9-11-19/h3-13,15H,1-2H3. The van der Waals surface area contributed by atoms with Crippen LogP contribution in [0.5, 0.6) is 0 Å². The Bertz CT molecular complexity index is 1460. The van der Waals surface area contributed by atoms with E-state index in [-0.39, 0.29) is 22.6 Å². The van der Waals surface area contributed by atoms with Crippen molar-refractivity contribution >= 4 is 35.1 Å². The van der Waals surface area contributed by atoms with Crippen molar-refractivity contribution in [2.45, 2.75) is 20.0 Å². The van der Waals surface area contributed by atoms with E-state index in [1.165, 1.54) is 18.2 Å². The Morgan fingerprint density at radius 3 is 2.34 bits per heavy atom. The van der Waals surface area contributed by atoms with E-state index in [1.807, 2.05) is 31.2 Å². The van der Waals surface area contributed by atoms with Gasteiger partial charge in [-0.25, -0.2) is 9.69 Å². The number of halogens is 1. The Hall–Kier alpha value is -4.30. The van der Waals surface area contributed by atoms with Crippen LogP contribution in [0.15, 0.2) is 71.1 Å². The topological polar surface area (TPSA) is 103 Å². The highest BCUT2D eigenvalue weighted by atomic mass is 35.5. The van der Waals surface area contributed by atoms with Gasteiger partial charge in [0.25, 0.3) is 17.7 Å². The Morgan fingerprint density at radius 1 is 0.943 bits per heavy atom. The first-order valence-corrected chi connectivity index (χ1v) is 11.1. The van der Waals surface area contributed by atoms with Crippen molar-refractivity contribution < 1.29 is 23.5 Å². The van der Waals surface area contributed by atoms with Gasteiger partial charge >= 0.3 is 5.97 Å². The number of rotatable bonds is 5. The van der Waals surface area contributed by atoms with Crippen LogP contribution in [-0.2, 0) is 4.74 Å². The van der Waals surface area contributed by atoms with Gasteiger partial charge in [0.1, 0.15) is 0 Å². The fourth-order valence-electron chi connectivity index (χ4n) is 3.68. The summed E-state index contributed by atoms with van der Waals surface area (Å²) in [4.78, 5) is 39.6. The first-order chi connectivity index (χ1) is 16.8. The molecule has 4 aromatic rings. The SMILES string of the molecule is Cc1ccc(-c2nnc(C(C)OC(=O)c3ccc4c(c3)C(=O)N(c3ccc(Cl)cc3)C4=O)o2)cc1. The number of benzene rings is 3. The zero-order valence-electron chi connectivity index (χ0n) is 18.7. The van der Waals surface area contributed by atoms with Crippen LogP contribution in [0.3, 0.4) is 0 Å². The summed E-state index contributed by atoms with van der Waals surface area (Å²) >= 11 is 5.90. The molecular weight excluding hydrogens is 470 g/mol. The number of hydrogen-bond donors (Lipinski definition) is 0. The molecule has 0 N–H and O–H groups in total. The molecule has 2 amide bonds. The molecule has 0 aliphatic carbocycles. The van der Waals surface area contributed by atoms with Crippen LogP contribution in [-0.4, -0.2) is 28.0 Å². The van der Waals surface area contributed by atoms with Gasteiger partial charge < -0.3 is 9.15 Å². The molecule has 0 spiro atoms. The summed E-state index contributed by atoms with van der Waals surface area (Å²) in [5.41, 5.74) is 2.68. The third-order valence-electron chi connectivity index (χ3n) is 5.58. The van der Waals surface area contributed by atoms with Gasteiger partial charge in [0, 0.05) is 10.6 Å². The minimum atomic E-state index is -0.828. The molecule has 35 heavy (non-hydrogen) atoms. The maximum Gasteiger partial charge on any atom is 0.338 e. The summed E-state index contributed by atoms with van der Waals surface area (Å²) in [5.74, 6) is -1.26. The van der Waals surface area contributed by atoms with Crippen molar-refractivity contribution in [1.29, 1.82) is 0 Å². The Kier molecular flexibility index (Phi) is 5.66. The average Bonchev–Trinajstić information content (AvgIpc) is 3.44. The lowest BCUT2D eigenvalue weighted by Crippen LogP contribution is -2.29. The van der Waals surface area contributed by atoms with E-state index >= 15 is 0 Å². The fraction of sp³-hybridized carbons (Fsp3) is 0.115. The van der Waals surface area contributed by atoms with Crippen LogP contribution >= 0.6 is 11.6 Å². The average molecular weight is 488 g/mol. The van der Waals surface area contributed by atoms with Crippen LogP contribution in [0.2, 0.25) is 5.02 Å². The van der Waals surface area contributed by atoms with Gasteiger partial charge in [0.15, 0.2) is 6.10 Å². The number of carbonyl (C=O) groups excluding carboxylic acids is 3. The molecule has 1 aromatic heterocycles. The molecule has 1 aliphatic heterocycles. The van der Waals surface area contributed by atoms with E-state index in [0.717, 1.165) is 16.0 Å². The van der Waals surface area contributed by atoms with Crippen LogP contribution in [0.1, 0.15) is 55.6 Å². The molecule has 1 aliphatic rings. The molecule has 8 nitrogen and oxygen atoms in total. The van der Waals surface area contributed by atoms with E-state index in [9.17, 15) is 14.4 Å². The maximum absolute atomic E-state index is 13.0. The van der Waals surface area contributed by atoms with Crippen molar-refractivity contribution in [3.05, 3.63) is 99.9 Å². The number of esters is 1. The molecule has 1 atom stereocenters. The molecule has 0 fully saturated rings. The Morgan fingerprint density at radius 2 is 1.63 bits per heavy atom. The number of imide groups is 1. The second-order valence-electron chi connectivity index (χ2n) is 8.04. The molecule has 5 rings (SSSR count). The number of carbonyl (C=O) groups is 3. The molecule has 9 heteroatoms. The van der Waals surface area contributed by atoms with Crippen molar-refractivity contribution in [2.24, 2.45) is 0 Å². The first kappa shape index (κ1) is 22.5. The van der Waals surface area contributed by atoms with Crippen LogP contribution in [0, 0.1) is 6.92 Å². The number of aryl methyl sites for hydroxylation is 1. The first-order valence-electron chi connectivity index (χ1n) is 10.7. The van der Waals surface area contributed by atoms with Crippen LogP contribution in [0.25, 0.3) is 11.5 Å². The minimum Gasteiger partial charge on any atom is -0.449 e. The van der Waals surface area contributed by atoms with Gasteiger partial charge in [0.05, 0.1) is 22.4 Å². The number of ether oxygens (including phenoxy) is 1. The van der Waals surface area contributed by atoms with Gasteiger partial charge in [-0.2, -0.15) is 0 Å². The normalized spacial score (nSPS) is 13.6. The molecule has 0 radical (unpaired) electrons. The van der Waals surface area contributed by atoms with Crippen molar-refractivity contribution in [1.82, 2.24) is 10.2 Å². The third kappa shape index (κ3) is 4.20. The molecule has 1 unspecified atom stereocenters. The van der Waals surface area contributed by atoms with Crippen molar-refractivity contribution in [3.63, 3.8) is 0 Å². The molecule has 0 saturated heterocycles. The van der Waals surface area contributed by atoms with Crippen molar-refractivity contribution in [2.75, 3.05) is 4.90 Å². The zero-order chi connectivity index (χ0) is 24.7. The van der Waals surface area contributed by atoms with Gasteiger partial charge in [-0.15, -0.1) is 10.2 Å². The summed E-state index contributed by atoms with van der Waals surface area (Å²) in [7, 11) is 0. The van der Waals surface area contributed by atoms with E-state index in [0.29, 0.717) is 16.6 Å². The maximum atomic E-state index is 13.0. The highest BCUT2D eigenvalue weighted by molar-refractivity contribution is 6.35. The lowest BCUT2D eigenvalue weighted by molar-refractivity contribution is 0.0279. The monoisotopic (exact) mass is 487 g/mol. The molecule has 0 bridgehead atoms.